The number of benzene rings is 1. The lowest BCUT2D eigenvalue weighted by Crippen LogP contribution is -1.92. The molecule has 1 N–H and O–H groups in total. The van der Waals surface area contributed by atoms with Crippen molar-refractivity contribution in [2.75, 3.05) is 14.2 Å². The van der Waals surface area contributed by atoms with Crippen LogP contribution in [-0.4, -0.2) is 19.3 Å². The van der Waals surface area contributed by atoms with E-state index in [1.165, 1.54) is 26.4 Å². The van der Waals surface area contributed by atoms with Crippen molar-refractivity contribution in [3.8, 4) is 17.2 Å². The zero-order valence-electron chi connectivity index (χ0n) is 7.50. The number of aromatic hydroxyl groups is 1. The molecule has 72 valence electrons. The SMILES string of the molecule is COc1cc(CF)c(OC)cc1O. The van der Waals surface area contributed by atoms with E-state index < -0.39 is 6.67 Å². The van der Waals surface area contributed by atoms with Gasteiger partial charge in [0.2, 0.25) is 0 Å². The van der Waals surface area contributed by atoms with Crippen molar-refractivity contribution in [3.63, 3.8) is 0 Å². The summed E-state index contributed by atoms with van der Waals surface area (Å²) < 4.78 is 22.1. The van der Waals surface area contributed by atoms with E-state index in [1.807, 2.05) is 0 Å². The minimum atomic E-state index is -0.653. The Balaban J connectivity index is 3.18. The molecule has 1 rings (SSSR count). The van der Waals surface area contributed by atoms with E-state index in [0.717, 1.165) is 0 Å². The first-order valence-corrected chi connectivity index (χ1v) is 3.72. The fraction of sp³-hybridized carbons (Fsp3) is 0.333. The fourth-order valence-corrected chi connectivity index (χ4v) is 1.05. The molecule has 13 heavy (non-hydrogen) atoms. The van der Waals surface area contributed by atoms with Gasteiger partial charge in [0.05, 0.1) is 14.2 Å². The highest BCUT2D eigenvalue weighted by Crippen LogP contribution is 2.33. The summed E-state index contributed by atoms with van der Waals surface area (Å²) in [7, 11) is 2.82. The van der Waals surface area contributed by atoms with E-state index in [4.69, 9.17) is 9.47 Å². The summed E-state index contributed by atoms with van der Waals surface area (Å²) in [6.45, 7) is -0.653. The molecule has 0 atom stereocenters. The van der Waals surface area contributed by atoms with Crippen LogP contribution in [0.5, 0.6) is 17.2 Å². The lowest BCUT2D eigenvalue weighted by atomic mass is 10.2. The molecular formula is C9H11FO3. The van der Waals surface area contributed by atoms with E-state index in [2.05, 4.69) is 0 Å². The number of ether oxygens (including phenoxy) is 2. The van der Waals surface area contributed by atoms with E-state index in [1.54, 1.807) is 0 Å². The van der Waals surface area contributed by atoms with Crippen LogP contribution in [0.1, 0.15) is 5.56 Å². The van der Waals surface area contributed by atoms with Crippen molar-refractivity contribution in [3.05, 3.63) is 17.7 Å². The Morgan fingerprint density at radius 1 is 1.23 bits per heavy atom. The second-order valence-corrected chi connectivity index (χ2v) is 2.47. The minimum absolute atomic E-state index is 0.0587. The average Bonchev–Trinajstić information content (AvgIpc) is 2.17. The molecule has 3 nitrogen and oxygen atoms in total. The maximum Gasteiger partial charge on any atom is 0.161 e. The van der Waals surface area contributed by atoms with Gasteiger partial charge in [-0.15, -0.1) is 0 Å². The molecule has 4 heteroatoms. The quantitative estimate of drug-likeness (QED) is 0.783. The highest BCUT2D eigenvalue weighted by molar-refractivity contribution is 5.49. The van der Waals surface area contributed by atoms with Crippen molar-refractivity contribution in [1.29, 1.82) is 0 Å². The molecule has 1 aromatic carbocycles. The number of rotatable bonds is 3. The zero-order chi connectivity index (χ0) is 9.84. The summed E-state index contributed by atoms with van der Waals surface area (Å²) >= 11 is 0. The molecule has 0 saturated heterocycles. The van der Waals surface area contributed by atoms with Crippen molar-refractivity contribution >= 4 is 0 Å². The Morgan fingerprint density at radius 2 is 1.85 bits per heavy atom. The van der Waals surface area contributed by atoms with Crippen LogP contribution in [0.4, 0.5) is 4.39 Å². The van der Waals surface area contributed by atoms with Gasteiger partial charge in [0.25, 0.3) is 0 Å². The first kappa shape index (κ1) is 9.64. The van der Waals surface area contributed by atoms with Gasteiger partial charge in [-0.2, -0.15) is 0 Å². The average molecular weight is 186 g/mol. The molecule has 0 aromatic heterocycles. The standard InChI is InChI=1S/C9H11FO3/c1-12-8-4-7(11)9(13-2)3-6(8)5-10/h3-4,11H,5H2,1-2H3. The van der Waals surface area contributed by atoms with E-state index >= 15 is 0 Å². The molecule has 0 fully saturated rings. The normalized spacial score (nSPS) is 9.77. The summed E-state index contributed by atoms with van der Waals surface area (Å²) in [5, 5.41) is 9.31. The maximum absolute atomic E-state index is 12.4. The second-order valence-electron chi connectivity index (χ2n) is 2.47. The van der Waals surface area contributed by atoms with Crippen LogP contribution in [0, 0.1) is 0 Å². The van der Waals surface area contributed by atoms with Crippen LogP contribution >= 0.6 is 0 Å². The number of hydrogen-bond donors (Lipinski definition) is 1. The monoisotopic (exact) mass is 186 g/mol. The summed E-state index contributed by atoms with van der Waals surface area (Å²) in [6, 6.07) is 2.74. The predicted octanol–water partition coefficient (Wildman–Crippen LogP) is 1.88. The summed E-state index contributed by atoms with van der Waals surface area (Å²) in [6.07, 6.45) is 0. The highest BCUT2D eigenvalue weighted by Gasteiger charge is 2.09. The Hall–Kier alpha value is -1.45. The second kappa shape index (κ2) is 3.98. The Labute approximate surface area is 75.7 Å². The van der Waals surface area contributed by atoms with Gasteiger partial charge in [0, 0.05) is 11.6 Å². The molecule has 0 amide bonds. The predicted molar refractivity (Wildman–Crippen MR) is 46.0 cm³/mol. The molecule has 0 aliphatic heterocycles. The van der Waals surface area contributed by atoms with Gasteiger partial charge in [-0.1, -0.05) is 0 Å². The molecule has 0 spiro atoms. The number of phenolic OH excluding ortho intramolecular Hbond substituents is 1. The molecule has 0 saturated carbocycles. The number of halogens is 1. The van der Waals surface area contributed by atoms with E-state index in [0.29, 0.717) is 11.3 Å². The summed E-state index contributed by atoms with van der Waals surface area (Å²) in [4.78, 5) is 0. The van der Waals surface area contributed by atoms with Gasteiger partial charge in [-0.05, 0) is 6.07 Å². The third-order valence-electron chi connectivity index (χ3n) is 1.73. The third-order valence-corrected chi connectivity index (χ3v) is 1.73. The molecule has 0 unspecified atom stereocenters. The van der Waals surface area contributed by atoms with Crippen molar-refractivity contribution < 1.29 is 19.0 Å². The van der Waals surface area contributed by atoms with Crippen LogP contribution in [0.25, 0.3) is 0 Å². The summed E-state index contributed by atoms with van der Waals surface area (Å²) in [5.41, 5.74) is 0.358. The topological polar surface area (TPSA) is 38.7 Å². The first-order chi connectivity index (χ1) is 6.22. The minimum Gasteiger partial charge on any atom is -0.504 e. The van der Waals surface area contributed by atoms with Crippen LogP contribution < -0.4 is 9.47 Å². The van der Waals surface area contributed by atoms with Gasteiger partial charge in [0.15, 0.2) is 11.5 Å². The Morgan fingerprint density at radius 3 is 2.31 bits per heavy atom. The summed E-state index contributed by atoms with van der Waals surface area (Å²) in [5.74, 6) is 0.505. The Bertz CT molecular complexity index is 299. The zero-order valence-corrected chi connectivity index (χ0v) is 7.50. The van der Waals surface area contributed by atoms with Crippen LogP contribution in [0.2, 0.25) is 0 Å². The van der Waals surface area contributed by atoms with Crippen molar-refractivity contribution in [2.45, 2.75) is 6.67 Å². The van der Waals surface area contributed by atoms with Crippen molar-refractivity contribution in [2.24, 2.45) is 0 Å². The fourth-order valence-electron chi connectivity index (χ4n) is 1.05. The van der Waals surface area contributed by atoms with Gasteiger partial charge >= 0.3 is 0 Å². The number of hydrogen-bond acceptors (Lipinski definition) is 3. The van der Waals surface area contributed by atoms with Gasteiger partial charge < -0.3 is 14.6 Å². The van der Waals surface area contributed by atoms with Gasteiger partial charge in [-0.3, -0.25) is 0 Å². The number of phenols is 1. The molecule has 0 bridgehead atoms. The number of alkyl halides is 1. The van der Waals surface area contributed by atoms with Gasteiger partial charge in [-0.25, -0.2) is 4.39 Å². The van der Waals surface area contributed by atoms with Crippen LogP contribution in [0.3, 0.4) is 0 Å². The van der Waals surface area contributed by atoms with Gasteiger partial charge in [0.1, 0.15) is 12.4 Å². The molecule has 0 heterocycles. The molecule has 0 aliphatic rings. The van der Waals surface area contributed by atoms with E-state index in [-0.39, 0.29) is 11.5 Å². The molecule has 0 aliphatic carbocycles. The van der Waals surface area contributed by atoms with Crippen LogP contribution in [0.15, 0.2) is 12.1 Å². The first-order valence-electron chi connectivity index (χ1n) is 3.72. The molecule has 0 radical (unpaired) electrons. The van der Waals surface area contributed by atoms with Crippen LogP contribution in [-0.2, 0) is 6.67 Å². The van der Waals surface area contributed by atoms with E-state index in [9.17, 15) is 9.50 Å². The number of methoxy groups -OCH3 is 2. The lowest BCUT2D eigenvalue weighted by molar-refractivity contribution is 0.358. The largest absolute Gasteiger partial charge is 0.504 e. The highest BCUT2D eigenvalue weighted by atomic mass is 19.1. The Kier molecular flexibility index (Phi) is 2.95. The smallest absolute Gasteiger partial charge is 0.161 e. The molecular weight excluding hydrogens is 175 g/mol. The third kappa shape index (κ3) is 1.83. The lowest BCUT2D eigenvalue weighted by Gasteiger charge is -2.09. The van der Waals surface area contributed by atoms with Crippen molar-refractivity contribution in [1.82, 2.24) is 0 Å². The molecule has 1 aromatic rings. The maximum atomic E-state index is 12.4.